The number of ether oxygens (including phenoxy) is 1. The molecule has 0 aliphatic heterocycles. The maximum Gasteiger partial charge on any atom is 0.303 e. The van der Waals surface area contributed by atoms with E-state index in [0.29, 0.717) is 30.9 Å². The minimum absolute atomic E-state index is 0.0850. The fourth-order valence-electron chi connectivity index (χ4n) is 2.00. The SMILES string of the molecule is C=NSSC(C)(C)CC(=O)N/N=C(\C)c1ccc(OCCCC(=O)O)cc1. The second-order valence-electron chi connectivity index (χ2n) is 6.33. The molecular weight excluding hydrogens is 386 g/mol. The lowest BCUT2D eigenvalue weighted by Gasteiger charge is -2.20. The Morgan fingerprint density at radius 2 is 1.96 bits per heavy atom. The maximum absolute atomic E-state index is 12.1. The minimum Gasteiger partial charge on any atom is -0.494 e. The molecule has 1 aromatic rings. The number of hydrogen-bond acceptors (Lipinski definition) is 7. The lowest BCUT2D eigenvalue weighted by Crippen LogP contribution is -2.27. The normalized spacial score (nSPS) is 11.7. The van der Waals surface area contributed by atoms with Gasteiger partial charge in [0.15, 0.2) is 0 Å². The number of hydrazone groups is 1. The van der Waals surface area contributed by atoms with Gasteiger partial charge in [-0.15, -0.1) is 0 Å². The first-order valence-corrected chi connectivity index (χ1v) is 10.4. The van der Waals surface area contributed by atoms with E-state index in [9.17, 15) is 9.59 Å². The van der Waals surface area contributed by atoms with Gasteiger partial charge in [-0.3, -0.25) is 9.59 Å². The molecular formula is C18H25N3O4S2. The summed E-state index contributed by atoms with van der Waals surface area (Å²) in [6.07, 6.45) is 0.849. The number of benzene rings is 1. The lowest BCUT2D eigenvalue weighted by molar-refractivity contribution is -0.137. The average Bonchev–Trinajstić information content (AvgIpc) is 2.61. The van der Waals surface area contributed by atoms with Gasteiger partial charge in [0, 0.05) is 28.6 Å². The first-order chi connectivity index (χ1) is 12.7. The van der Waals surface area contributed by atoms with E-state index in [-0.39, 0.29) is 17.1 Å². The molecule has 0 fully saturated rings. The molecule has 0 aromatic heterocycles. The van der Waals surface area contributed by atoms with Gasteiger partial charge in [-0.2, -0.15) is 5.10 Å². The number of carbonyl (C=O) groups is 2. The highest BCUT2D eigenvalue weighted by Gasteiger charge is 2.23. The summed E-state index contributed by atoms with van der Waals surface area (Å²) in [5.41, 5.74) is 4.10. The third-order valence-corrected chi connectivity index (χ3v) is 5.99. The van der Waals surface area contributed by atoms with Crippen molar-refractivity contribution < 1.29 is 19.4 Å². The fourth-order valence-corrected chi connectivity index (χ4v) is 3.38. The van der Waals surface area contributed by atoms with Crippen LogP contribution in [0, 0.1) is 0 Å². The van der Waals surface area contributed by atoms with Crippen molar-refractivity contribution in [2.24, 2.45) is 9.50 Å². The van der Waals surface area contributed by atoms with E-state index >= 15 is 0 Å². The molecule has 9 heteroatoms. The van der Waals surface area contributed by atoms with Crippen LogP contribution in [0.5, 0.6) is 5.75 Å². The molecule has 1 rings (SSSR count). The van der Waals surface area contributed by atoms with E-state index in [1.165, 1.54) is 21.8 Å². The molecule has 0 bridgehead atoms. The fraction of sp³-hybridized carbons (Fsp3) is 0.444. The number of amides is 1. The predicted octanol–water partition coefficient (Wildman–Crippen LogP) is 3.94. The number of hydrogen-bond donors (Lipinski definition) is 2. The molecule has 27 heavy (non-hydrogen) atoms. The molecule has 148 valence electrons. The second kappa shape index (κ2) is 11.7. The third-order valence-electron chi connectivity index (χ3n) is 3.33. The van der Waals surface area contributed by atoms with Gasteiger partial charge in [0.05, 0.1) is 12.3 Å². The van der Waals surface area contributed by atoms with Crippen LogP contribution in [0.2, 0.25) is 0 Å². The summed E-state index contributed by atoms with van der Waals surface area (Å²) in [6, 6.07) is 7.25. The van der Waals surface area contributed by atoms with E-state index in [0.717, 1.165) is 5.56 Å². The molecule has 0 aliphatic rings. The molecule has 0 heterocycles. The largest absolute Gasteiger partial charge is 0.494 e. The molecule has 0 atom stereocenters. The Bertz CT molecular complexity index is 676. The number of aliphatic carboxylic acids is 1. The van der Waals surface area contributed by atoms with Crippen LogP contribution < -0.4 is 10.2 Å². The third kappa shape index (κ3) is 10.0. The number of carboxylic acids is 1. The van der Waals surface area contributed by atoms with Crippen molar-refractivity contribution in [1.82, 2.24) is 5.43 Å². The summed E-state index contributed by atoms with van der Waals surface area (Å²) in [6.45, 7) is 9.48. The first kappa shape index (κ1) is 23.0. The van der Waals surface area contributed by atoms with Gasteiger partial charge < -0.3 is 9.84 Å². The van der Waals surface area contributed by atoms with Crippen LogP contribution >= 0.6 is 21.8 Å². The number of carboxylic acid groups (broad SMARTS) is 1. The Hall–Kier alpha value is -2.00. The highest BCUT2D eigenvalue weighted by molar-refractivity contribution is 8.76. The van der Waals surface area contributed by atoms with Gasteiger partial charge in [-0.1, -0.05) is 10.8 Å². The molecule has 1 amide bonds. The van der Waals surface area contributed by atoms with E-state index in [1.54, 1.807) is 19.1 Å². The quantitative estimate of drug-likeness (QED) is 0.178. The van der Waals surface area contributed by atoms with Gasteiger partial charge >= 0.3 is 5.97 Å². The molecule has 0 aliphatic carbocycles. The van der Waals surface area contributed by atoms with E-state index in [1.807, 2.05) is 26.0 Å². The van der Waals surface area contributed by atoms with Crippen LogP contribution in [0.3, 0.4) is 0 Å². The molecule has 1 aromatic carbocycles. The Labute approximate surface area is 167 Å². The van der Waals surface area contributed by atoms with Crippen molar-refractivity contribution in [3.8, 4) is 5.75 Å². The van der Waals surface area contributed by atoms with Crippen molar-refractivity contribution in [1.29, 1.82) is 0 Å². The van der Waals surface area contributed by atoms with Gasteiger partial charge in [0.25, 0.3) is 0 Å². The van der Waals surface area contributed by atoms with E-state index in [4.69, 9.17) is 9.84 Å². The highest BCUT2D eigenvalue weighted by atomic mass is 33.1. The predicted molar refractivity (Wildman–Crippen MR) is 113 cm³/mol. The van der Waals surface area contributed by atoms with Crippen molar-refractivity contribution in [2.45, 2.75) is 44.8 Å². The molecule has 0 spiro atoms. The van der Waals surface area contributed by atoms with Crippen LogP contribution in [0.1, 0.15) is 45.6 Å². The highest BCUT2D eigenvalue weighted by Crippen LogP contribution is 2.38. The summed E-state index contributed by atoms with van der Waals surface area (Å²) in [7, 11) is 2.74. The van der Waals surface area contributed by atoms with Crippen LogP contribution in [-0.4, -0.2) is 40.8 Å². The summed E-state index contributed by atoms with van der Waals surface area (Å²) in [5.74, 6) is -0.344. The first-order valence-electron chi connectivity index (χ1n) is 8.32. The van der Waals surface area contributed by atoms with Crippen LogP contribution in [-0.2, 0) is 9.59 Å². The molecule has 0 saturated heterocycles. The van der Waals surface area contributed by atoms with E-state index in [2.05, 4.69) is 21.6 Å². The number of nitrogens with one attached hydrogen (secondary N) is 1. The van der Waals surface area contributed by atoms with Crippen LogP contribution in [0.25, 0.3) is 0 Å². The Morgan fingerprint density at radius 3 is 2.56 bits per heavy atom. The summed E-state index contributed by atoms with van der Waals surface area (Å²) in [5, 5.41) is 12.7. The Morgan fingerprint density at radius 1 is 1.30 bits per heavy atom. The zero-order valence-electron chi connectivity index (χ0n) is 15.7. The zero-order valence-corrected chi connectivity index (χ0v) is 17.4. The summed E-state index contributed by atoms with van der Waals surface area (Å²) >= 11 is 0. The lowest BCUT2D eigenvalue weighted by atomic mass is 10.1. The summed E-state index contributed by atoms with van der Waals surface area (Å²) in [4.78, 5) is 22.5. The van der Waals surface area contributed by atoms with Crippen LogP contribution in [0.15, 0.2) is 33.8 Å². The molecule has 7 nitrogen and oxygen atoms in total. The standard InChI is InChI=1S/C18H25N3O4S2/c1-13(20-21-16(22)12-18(2,3)26-27-19-4)14-7-9-15(10-8-14)25-11-5-6-17(23)24/h7-10H,4-6,11-12H2,1-3H3,(H,21,22)(H,23,24)/b20-13+. The molecule has 2 N–H and O–H groups in total. The van der Waals surface area contributed by atoms with Gasteiger partial charge in [-0.05, 0) is 63.7 Å². The zero-order chi connectivity index (χ0) is 20.3. The van der Waals surface area contributed by atoms with Crippen molar-refractivity contribution in [3.63, 3.8) is 0 Å². The van der Waals surface area contributed by atoms with Gasteiger partial charge in [0.1, 0.15) is 5.75 Å². The maximum atomic E-state index is 12.1. The van der Waals surface area contributed by atoms with Gasteiger partial charge in [0.2, 0.25) is 5.91 Å². The van der Waals surface area contributed by atoms with Crippen molar-refractivity contribution >= 4 is 46.1 Å². The minimum atomic E-state index is -0.832. The number of rotatable bonds is 12. The monoisotopic (exact) mass is 411 g/mol. The topological polar surface area (TPSA) is 100 Å². The molecule has 0 saturated carbocycles. The van der Waals surface area contributed by atoms with Crippen LogP contribution in [0.4, 0.5) is 0 Å². The van der Waals surface area contributed by atoms with Crippen molar-refractivity contribution in [2.75, 3.05) is 6.61 Å². The average molecular weight is 412 g/mol. The summed E-state index contributed by atoms with van der Waals surface area (Å²) < 4.78 is 8.92. The number of nitrogens with zero attached hydrogens (tertiary/aromatic N) is 2. The smallest absolute Gasteiger partial charge is 0.303 e. The molecule has 0 radical (unpaired) electrons. The number of carbonyl (C=O) groups excluding carboxylic acids is 1. The Balaban J connectivity index is 2.50. The van der Waals surface area contributed by atoms with Crippen molar-refractivity contribution in [3.05, 3.63) is 29.8 Å². The molecule has 0 unspecified atom stereocenters. The van der Waals surface area contributed by atoms with Gasteiger partial charge in [-0.25, -0.2) is 9.82 Å². The van der Waals surface area contributed by atoms with E-state index < -0.39 is 5.97 Å². The second-order valence-corrected chi connectivity index (χ2v) is 8.95. The Kier molecular flexibility index (Phi) is 9.95.